The fourth-order valence-corrected chi connectivity index (χ4v) is 7.23. The first kappa shape index (κ1) is 46.4. The van der Waals surface area contributed by atoms with Crippen LogP contribution in [0.4, 0.5) is 14.4 Å². The standard InChI is InChI=1S/C27H39N3O15S6/c1-4-10-40-19(31)16-46-49-25(37)43-13-7-28-22(34)29(8-14-44-26(38)50-47-17-20(32)41-11-5-2)24(36)30(23(28)35)9-15-45-27(39)51-48-18-21(33)42-12-6-3/h4-18H2,1-3H3. The Hall–Kier alpha value is -2.67. The first-order chi connectivity index (χ1) is 24.4. The van der Waals surface area contributed by atoms with Gasteiger partial charge in [0.15, 0.2) is 0 Å². The van der Waals surface area contributed by atoms with Gasteiger partial charge < -0.3 is 28.4 Å². The van der Waals surface area contributed by atoms with Crippen molar-refractivity contribution in [3.05, 3.63) is 31.5 Å². The van der Waals surface area contributed by atoms with Crippen LogP contribution >= 0.6 is 64.8 Å². The molecular formula is C27H39N3O15S6. The van der Waals surface area contributed by atoms with Gasteiger partial charge in [-0.3, -0.25) is 14.4 Å². The fraction of sp³-hybridized carbons (Fsp3) is 0.667. The van der Waals surface area contributed by atoms with E-state index >= 15 is 0 Å². The summed E-state index contributed by atoms with van der Waals surface area (Å²) in [5, 5.41) is -2.44. The molecule has 0 unspecified atom stereocenters. The molecule has 1 heterocycles. The second-order valence-corrected chi connectivity index (χ2v) is 16.0. The van der Waals surface area contributed by atoms with E-state index in [1.54, 1.807) is 0 Å². The highest BCUT2D eigenvalue weighted by molar-refractivity contribution is 8.82. The van der Waals surface area contributed by atoms with Crippen LogP contribution in [-0.2, 0) is 62.4 Å². The number of carbonyl (C=O) groups excluding carboxylic acids is 6. The molecule has 0 aliphatic heterocycles. The molecule has 0 aliphatic rings. The highest BCUT2D eigenvalue weighted by atomic mass is 33.1. The van der Waals surface area contributed by atoms with Gasteiger partial charge in [0, 0.05) is 32.4 Å². The first-order valence-corrected chi connectivity index (χ1v) is 22.2. The zero-order chi connectivity index (χ0) is 38.0. The summed E-state index contributed by atoms with van der Waals surface area (Å²) in [5.41, 5.74) is -3.27. The summed E-state index contributed by atoms with van der Waals surface area (Å²) in [5.74, 6) is -1.88. The van der Waals surface area contributed by atoms with Crippen molar-refractivity contribution in [1.29, 1.82) is 0 Å². The predicted molar refractivity (Wildman–Crippen MR) is 197 cm³/mol. The van der Waals surface area contributed by atoms with Crippen LogP contribution in [0.1, 0.15) is 40.0 Å². The highest BCUT2D eigenvalue weighted by Crippen LogP contribution is 2.25. The summed E-state index contributed by atoms with van der Waals surface area (Å²) in [4.78, 5) is 111. The number of esters is 3. The summed E-state index contributed by atoms with van der Waals surface area (Å²) in [6.07, 6.45) is 1.93. The summed E-state index contributed by atoms with van der Waals surface area (Å²) in [6.45, 7) is 3.41. The van der Waals surface area contributed by atoms with Gasteiger partial charge in [0.25, 0.3) is 0 Å². The molecule has 0 N–H and O–H groups in total. The van der Waals surface area contributed by atoms with Crippen molar-refractivity contribution >= 4 is 98.6 Å². The minimum absolute atomic E-state index is 0.116. The van der Waals surface area contributed by atoms with E-state index in [2.05, 4.69) is 0 Å². The van der Waals surface area contributed by atoms with E-state index in [9.17, 15) is 43.2 Å². The molecule has 0 bridgehead atoms. The molecule has 1 rings (SSSR count). The van der Waals surface area contributed by atoms with Crippen molar-refractivity contribution in [3.63, 3.8) is 0 Å². The average Bonchev–Trinajstić information content (AvgIpc) is 3.09. The van der Waals surface area contributed by atoms with Crippen molar-refractivity contribution in [2.45, 2.75) is 59.7 Å². The molecule has 0 aromatic carbocycles. The van der Waals surface area contributed by atoms with Crippen molar-refractivity contribution < 1.29 is 57.2 Å². The predicted octanol–water partition coefficient (Wildman–Crippen LogP) is 3.59. The molecule has 51 heavy (non-hydrogen) atoms. The summed E-state index contributed by atoms with van der Waals surface area (Å²) in [7, 11) is 4.45. The molecule has 0 spiro atoms. The third-order valence-corrected chi connectivity index (χ3v) is 10.8. The molecular weight excluding hydrogens is 799 g/mol. The van der Waals surface area contributed by atoms with Gasteiger partial charge in [-0.25, -0.2) is 42.5 Å². The number of aromatic nitrogens is 3. The van der Waals surface area contributed by atoms with E-state index in [1.165, 1.54) is 0 Å². The monoisotopic (exact) mass is 837 g/mol. The fourth-order valence-electron chi connectivity index (χ4n) is 3.14. The Bertz CT molecular complexity index is 1280. The lowest BCUT2D eigenvalue weighted by molar-refractivity contribution is -0.141. The Morgan fingerprint density at radius 1 is 0.431 bits per heavy atom. The minimum atomic E-state index is -1.09. The van der Waals surface area contributed by atoms with Crippen LogP contribution in [0.5, 0.6) is 0 Å². The molecule has 0 fully saturated rings. The number of ether oxygens (including phenoxy) is 6. The highest BCUT2D eigenvalue weighted by Gasteiger charge is 2.18. The molecule has 288 valence electrons. The lowest BCUT2D eigenvalue weighted by Crippen LogP contribution is -2.55. The lowest BCUT2D eigenvalue weighted by atomic mass is 10.5. The third-order valence-electron chi connectivity index (χ3n) is 5.30. The molecule has 0 saturated heterocycles. The number of hydrogen-bond donors (Lipinski definition) is 0. The van der Waals surface area contributed by atoms with Crippen LogP contribution in [0, 0.1) is 0 Å². The summed E-state index contributed by atoms with van der Waals surface area (Å²) in [6, 6.07) is 0. The quantitative estimate of drug-likeness (QED) is 0.0824. The largest absolute Gasteiger partial charge is 0.465 e. The SMILES string of the molecule is CCCOC(=O)CSSC(=O)OCCn1c(=O)n(CCOC(=O)SSCC(=O)OCCC)c(=O)n(CCOC(=O)SSCC(=O)OCCC)c1=O. The Labute approximate surface area is 316 Å². The van der Waals surface area contributed by atoms with Gasteiger partial charge in [-0.2, -0.15) is 0 Å². The Kier molecular flexibility index (Phi) is 25.4. The molecule has 0 saturated carbocycles. The van der Waals surface area contributed by atoms with Gasteiger partial charge in [-0.1, -0.05) is 53.2 Å². The Morgan fingerprint density at radius 2 is 0.686 bits per heavy atom. The van der Waals surface area contributed by atoms with E-state index in [0.29, 0.717) is 65.3 Å². The Balaban J connectivity index is 2.92. The molecule has 0 radical (unpaired) electrons. The molecule has 24 heteroatoms. The second-order valence-electron chi connectivity index (χ2n) is 9.30. The normalized spacial score (nSPS) is 10.6. The average molecular weight is 838 g/mol. The Morgan fingerprint density at radius 3 is 0.922 bits per heavy atom. The van der Waals surface area contributed by atoms with E-state index in [-0.39, 0.29) is 37.1 Å². The van der Waals surface area contributed by atoms with Crippen molar-refractivity contribution in [2.24, 2.45) is 0 Å². The molecule has 1 aromatic rings. The third kappa shape index (κ3) is 20.2. The van der Waals surface area contributed by atoms with Crippen molar-refractivity contribution in [3.8, 4) is 0 Å². The van der Waals surface area contributed by atoms with Crippen LogP contribution in [0.3, 0.4) is 0 Å². The molecule has 1 aromatic heterocycles. The number of hydrogen-bond acceptors (Lipinski definition) is 21. The number of nitrogens with zero attached hydrogens (tertiary/aromatic N) is 3. The van der Waals surface area contributed by atoms with Gasteiger partial charge >= 0.3 is 50.9 Å². The zero-order valence-corrected chi connectivity index (χ0v) is 32.9. The van der Waals surface area contributed by atoms with Gasteiger partial charge in [-0.15, -0.1) is 0 Å². The smallest absolute Gasteiger partial charge is 0.378 e. The maximum absolute atomic E-state index is 13.2. The van der Waals surface area contributed by atoms with Gasteiger partial charge in [0.1, 0.15) is 37.1 Å². The summed E-state index contributed by atoms with van der Waals surface area (Å²) < 4.78 is 31.7. The topological polar surface area (TPSA) is 224 Å². The van der Waals surface area contributed by atoms with Crippen LogP contribution in [-0.4, -0.2) is 104 Å². The first-order valence-electron chi connectivity index (χ1n) is 15.2. The van der Waals surface area contributed by atoms with E-state index < -0.39 is 90.3 Å². The maximum Gasteiger partial charge on any atom is 0.378 e. The maximum atomic E-state index is 13.2. The number of rotatable bonds is 24. The molecule has 0 atom stereocenters. The number of carbonyl (C=O) groups is 6. The van der Waals surface area contributed by atoms with Gasteiger partial charge in [0.2, 0.25) is 0 Å². The van der Waals surface area contributed by atoms with Crippen LogP contribution < -0.4 is 17.1 Å². The molecule has 18 nitrogen and oxygen atoms in total. The lowest BCUT2D eigenvalue weighted by Gasteiger charge is -2.14. The van der Waals surface area contributed by atoms with Crippen molar-refractivity contribution in [1.82, 2.24) is 13.7 Å². The van der Waals surface area contributed by atoms with Gasteiger partial charge in [0.05, 0.1) is 39.5 Å². The van der Waals surface area contributed by atoms with E-state index in [4.69, 9.17) is 28.4 Å². The van der Waals surface area contributed by atoms with E-state index in [1.807, 2.05) is 20.8 Å². The van der Waals surface area contributed by atoms with Gasteiger partial charge in [-0.05, 0) is 19.3 Å². The molecule has 0 amide bonds. The van der Waals surface area contributed by atoms with Crippen LogP contribution in [0.15, 0.2) is 14.4 Å². The van der Waals surface area contributed by atoms with Crippen LogP contribution in [0.25, 0.3) is 0 Å². The summed E-state index contributed by atoms with van der Waals surface area (Å²) >= 11 is 0. The second kappa shape index (κ2) is 27.9. The zero-order valence-electron chi connectivity index (χ0n) is 28.0. The van der Waals surface area contributed by atoms with Crippen molar-refractivity contribution in [2.75, 3.05) is 56.9 Å². The van der Waals surface area contributed by atoms with Crippen LogP contribution in [0.2, 0.25) is 0 Å². The minimum Gasteiger partial charge on any atom is -0.465 e. The molecule has 0 aliphatic carbocycles. The van der Waals surface area contributed by atoms with E-state index in [0.717, 1.165) is 32.4 Å².